The summed E-state index contributed by atoms with van der Waals surface area (Å²) >= 11 is 0. The van der Waals surface area contributed by atoms with Gasteiger partial charge in [0.15, 0.2) is 5.78 Å². The van der Waals surface area contributed by atoms with Crippen LogP contribution >= 0.6 is 0 Å². The van der Waals surface area contributed by atoms with Gasteiger partial charge in [-0.2, -0.15) is 13.2 Å². The zero-order chi connectivity index (χ0) is 23.5. The zero-order valence-electron chi connectivity index (χ0n) is 17.6. The third kappa shape index (κ3) is 5.94. The van der Waals surface area contributed by atoms with Crippen molar-refractivity contribution >= 4 is 15.8 Å². The Morgan fingerprint density at radius 1 is 1.19 bits per heavy atom. The van der Waals surface area contributed by atoms with E-state index in [1.54, 1.807) is 36.2 Å². The van der Waals surface area contributed by atoms with E-state index in [9.17, 15) is 26.4 Å². The van der Waals surface area contributed by atoms with E-state index in [0.29, 0.717) is 25.0 Å². The Hall–Kier alpha value is -2.73. The van der Waals surface area contributed by atoms with Crippen molar-refractivity contribution in [2.24, 2.45) is 0 Å². The fourth-order valence-corrected chi connectivity index (χ4v) is 4.95. The highest BCUT2D eigenvalue weighted by molar-refractivity contribution is 7.89. The molecular formula is C20H24F3N5O3S. The molecule has 0 radical (unpaired) electrons. The van der Waals surface area contributed by atoms with Crippen LogP contribution in [0.1, 0.15) is 47.6 Å². The Morgan fingerprint density at radius 2 is 1.88 bits per heavy atom. The predicted octanol–water partition coefficient (Wildman–Crippen LogP) is 3.02. The molecule has 0 unspecified atom stereocenters. The number of ketones is 1. The molecule has 0 saturated heterocycles. The van der Waals surface area contributed by atoms with Crippen LogP contribution in [-0.2, 0) is 16.2 Å². The fourth-order valence-electron chi connectivity index (χ4n) is 3.60. The summed E-state index contributed by atoms with van der Waals surface area (Å²) < 4.78 is 70.5. The van der Waals surface area contributed by atoms with Crippen molar-refractivity contribution in [2.45, 2.75) is 48.8 Å². The van der Waals surface area contributed by atoms with Crippen LogP contribution < -0.4 is 4.72 Å². The molecule has 1 aromatic carbocycles. The van der Waals surface area contributed by atoms with Crippen LogP contribution in [-0.4, -0.2) is 54.0 Å². The molecule has 8 nitrogen and oxygen atoms in total. The van der Waals surface area contributed by atoms with Gasteiger partial charge < -0.3 is 9.47 Å². The number of hydrogen-bond donors (Lipinski definition) is 1. The number of benzene rings is 1. The van der Waals surface area contributed by atoms with Crippen LogP contribution in [0.5, 0.6) is 0 Å². The monoisotopic (exact) mass is 471 g/mol. The molecular weight excluding hydrogens is 447 g/mol. The molecule has 12 heteroatoms. The third-order valence-corrected chi connectivity index (χ3v) is 6.68. The van der Waals surface area contributed by atoms with E-state index in [1.807, 2.05) is 0 Å². The Labute approximate surface area is 184 Å². The first-order valence-electron chi connectivity index (χ1n) is 9.93. The SMILES string of the molecule is CN(C)C=CC(=O)c1cc(C(F)(F)F)cc(S(=O)(=O)N[C@H]2CCC[C@@H](n3cnnc3)C2)c1. The van der Waals surface area contributed by atoms with Gasteiger partial charge in [0, 0.05) is 44.0 Å². The average Bonchev–Trinajstić information content (AvgIpc) is 3.26. The molecule has 1 aromatic heterocycles. The van der Waals surface area contributed by atoms with Crippen LogP contribution in [0.25, 0.3) is 0 Å². The summed E-state index contributed by atoms with van der Waals surface area (Å²) in [5.41, 5.74) is -1.56. The molecule has 0 bridgehead atoms. The molecule has 1 saturated carbocycles. The smallest absolute Gasteiger partial charge is 0.383 e. The predicted molar refractivity (Wildman–Crippen MR) is 110 cm³/mol. The number of rotatable bonds is 7. The van der Waals surface area contributed by atoms with Gasteiger partial charge >= 0.3 is 6.18 Å². The normalized spacial score (nSPS) is 19.9. The molecule has 0 spiro atoms. The minimum Gasteiger partial charge on any atom is -0.383 e. The summed E-state index contributed by atoms with van der Waals surface area (Å²) in [6.45, 7) is 0. The van der Waals surface area contributed by atoms with Crippen LogP contribution in [0.3, 0.4) is 0 Å². The highest BCUT2D eigenvalue weighted by Crippen LogP contribution is 2.33. The van der Waals surface area contributed by atoms with E-state index < -0.39 is 38.5 Å². The van der Waals surface area contributed by atoms with Gasteiger partial charge in [-0.15, -0.1) is 10.2 Å². The van der Waals surface area contributed by atoms with Crippen molar-refractivity contribution < 1.29 is 26.4 Å². The van der Waals surface area contributed by atoms with E-state index in [-0.39, 0.29) is 11.6 Å². The molecule has 0 aliphatic heterocycles. The van der Waals surface area contributed by atoms with E-state index in [4.69, 9.17) is 0 Å². The first kappa shape index (κ1) is 23.9. The quantitative estimate of drug-likeness (QED) is 0.493. The lowest BCUT2D eigenvalue weighted by Gasteiger charge is -2.30. The molecule has 2 aromatic rings. The lowest BCUT2D eigenvalue weighted by molar-refractivity contribution is -0.137. The topological polar surface area (TPSA) is 97.2 Å². The highest BCUT2D eigenvalue weighted by Gasteiger charge is 2.34. The van der Waals surface area contributed by atoms with Crippen LogP contribution in [0.4, 0.5) is 13.2 Å². The van der Waals surface area contributed by atoms with Gasteiger partial charge in [0.05, 0.1) is 10.5 Å². The summed E-state index contributed by atoms with van der Waals surface area (Å²) in [4.78, 5) is 13.3. The Morgan fingerprint density at radius 3 is 2.50 bits per heavy atom. The Balaban J connectivity index is 1.88. The second-order valence-corrected chi connectivity index (χ2v) is 9.65. The minimum atomic E-state index is -4.81. The second-order valence-electron chi connectivity index (χ2n) is 7.94. The standard InChI is InChI=1S/C20H24F3N5O3S/c1-27(2)7-6-19(29)14-8-15(20(21,22)23)10-18(9-14)32(30,31)26-16-4-3-5-17(11-16)28-12-24-25-13-28/h6-10,12-13,16-17,26H,3-5,11H2,1-2H3/t16-,17+/m0/s1. The van der Waals surface area contributed by atoms with Crippen LogP contribution in [0, 0.1) is 0 Å². The molecule has 1 aliphatic carbocycles. The van der Waals surface area contributed by atoms with Crippen LogP contribution in [0.2, 0.25) is 0 Å². The third-order valence-electron chi connectivity index (χ3n) is 5.18. The molecule has 32 heavy (non-hydrogen) atoms. The molecule has 3 rings (SSSR count). The number of nitrogens with one attached hydrogen (secondary N) is 1. The van der Waals surface area contributed by atoms with Gasteiger partial charge in [0.2, 0.25) is 10.0 Å². The number of sulfonamides is 1. The lowest BCUT2D eigenvalue weighted by atomic mass is 9.91. The second kappa shape index (κ2) is 9.41. The van der Waals surface area contributed by atoms with Crippen molar-refractivity contribution in [1.82, 2.24) is 24.4 Å². The van der Waals surface area contributed by atoms with Crippen molar-refractivity contribution in [3.63, 3.8) is 0 Å². The van der Waals surface area contributed by atoms with Crippen molar-refractivity contribution in [3.05, 3.63) is 54.3 Å². The molecule has 1 aliphatic rings. The molecule has 1 N–H and O–H groups in total. The fraction of sp³-hybridized carbons (Fsp3) is 0.450. The minimum absolute atomic E-state index is 0.0127. The number of carbonyl (C=O) groups is 1. The number of aromatic nitrogens is 3. The lowest BCUT2D eigenvalue weighted by Crippen LogP contribution is -2.38. The maximum Gasteiger partial charge on any atom is 0.416 e. The molecule has 1 fully saturated rings. The van der Waals surface area contributed by atoms with Gasteiger partial charge in [-0.3, -0.25) is 4.79 Å². The number of halogens is 3. The first-order chi connectivity index (χ1) is 15.0. The Kier molecular flexibility index (Phi) is 7.03. The van der Waals surface area contributed by atoms with Crippen molar-refractivity contribution in [1.29, 1.82) is 0 Å². The molecule has 0 amide bonds. The van der Waals surface area contributed by atoms with Gasteiger partial charge in [-0.25, -0.2) is 13.1 Å². The number of alkyl halides is 3. The zero-order valence-corrected chi connectivity index (χ0v) is 18.4. The van der Waals surface area contributed by atoms with E-state index in [2.05, 4.69) is 14.9 Å². The van der Waals surface area contributed by atoms with Crippen molar-refractivity contribution in [3.8, 4) is 0 Å². The van der Waals surface area contributed by atoms with Gasteiger partial charge in [0.25, 0.3) is 0 Å². The summed E-state index contributed by atoms with van der Waals surface area (Å²) in [6.07, 6.45) is 3.31. The highest BCUT2D eigenvalue weighted by atomic mass is 32.2. The largest absolute Gasteiger partial charge is 0.416 e. The number of allylic oxidation sites excluding steroid dienone is 1. The van der Waals surface area contributed by atoms with Gasteiger partial charge in [0.1, 0.15) is 12.7 Å². The van der Waals surface area contributed by atoms with E-state index in [0.717, 1.165) is 25.0 Å². The first-order valence-corrected chi connectivity index (χ1v) is 11.4. The summed E-state index contributed by atoms with van der Waals surface area (Å²) in [7, 11) is -1.01. The molecule has 2 atom stereocenters. The maximum atomic E-state index is 13.4. The summed E-state index contributed by atoms with van der Waals surface area (Å²) in [6, 6.07) is 1.70. The summed E-state index contributed by atoms with van der Waals surface area (Å²) in [5, 5.41) is 7.51. The van der Waals surface area contributed by atoms with E-state index >= 15 is 0 Å². The molecule has 174 valence electrons. The number of hydrogen-bond acceptors (Lipinski definition) is 6. The van der Waals surface area contributed by atoms with Gasteiger partial charge in [-0.05, 0) is 43.9 Å². The van der Waals surface area contributed by atoms with Gasteiger partial charge in [-0.1, -0.05) is 0 Å². The molecule has 1 heterocycles. The van der Waals surface area contributed by atoms with Crippen LogP contribution in [0.15, 0.2) is 48.0 Å². The maximum absolute atomic E-state index is 13.4. The average molecular weight is 472 g/mol. The van der Waals surface area contributed by atoms with Crippen molar-refractivity contribution in [2.75, 3.05) is 14.1 Å². The number of nitrogens with zero attached hydrogens (tertiary/aromatic N) is 4. The Bertz CT molecular complexity index is 1080. The number of carbonyl (C=O) groups excluding carboxylic acids is 1. The summed E-state index contributed by atoms with van der Waals surface area (Å²) in [5.74, 6) is -0.730. The van der Waals surface area contributed by atoms with E-state index in [1.165, 1.54) is 6.20 Å².